The maximum atomic E-state index is 9.79. The number of hydrogen-bond donors (Lipinski definition) is 2. The van der Waals surface area contributed by atoms with E-state index in [2.05, 4.69) is 14.9 Å². The van der Waals surface area contributed by atoms with Crippen molar-refractivity contribution in [1.29, 1.82) is 0 Å². The minimum Gasteiger partial charge on any atom is -0.393 e. The molecule has 3 rings (SSSR count). The molecule has 1 aromatic heterocycles. The van der Waals surface area contributed by atoms with Crippen LogP contribution in [0.2, 0.25) is 0 Å². The van der Waals surface area contributed by atoms with E-state index < -0.39 is 0 Å². The molecule has 0 saturated carbocycles. The second kappa shape index (κ2) is 4.66. The van der Waals surface area contributed by atoms with Gasteiger partial charge in [0.1, 0.15) is 0 Å². The standard InChI is InChI=1S/C14H18N4O/c1-9-8-18(7-6-12(9)19)14-13(15)16-10-4-2-3-5-11(10)17-14/h2-5,9,12,19H,6-8H2,1H3,(H2,15,16). The van der Waals surface area contributed by atoms with Crippen molar-refractivity contribution in [2.45, 2.75) is 19.4 Å². The number of aliphatic hydroxyl groups excluding tert-OH is 1. The smallest absolute Gasteiger partial charge is 0.172 e. The van der Waals surface area contributed by atoms with Crippen molar-refractivity contribution >= 4 is 22.7 Å². The van der Waals surface area contributed by atoms with E-state index in [1.54, 1.807) is 0 Å². The van der Waals surface area contributed by atoms with E-state index in [9.17, 15) is 5.11 Å². The second-order valence-electron chi connectivity index (χ2n) is 5.20. The third-order valence-electron chi connectivity index (χ3n) is 3.74. The lowest BCUT2D eigenvalue weighted by molar-refractivity contribution is 0.0969. The Morgan fingerprint density at radius 2 is 1.95 bits per heavy atom. The summed E-state index contributed by atoms with van der Waals surface area (Å²) in [6.07, 6.45) is 0.514. The van der Waals surface area contributed by atoms with Gasteiger partial charge in [-0.2, -0.15) is 0 Å². The lowest BCUT2D eigenvalue weighted by Gasteiger charge is -2.35. The molecule has 0 amide bonds. The Bertz CT molecular complexity index is 601. The molecule has 5 heteroatoms. The summed E-state index contributed by atoms with van der Waals surface area (Å²) in [5.41, 5.74) is 7.69. The summed E-state index contributed by atoms with van der Waals surface area (Å²) < 4.78 is 0. The van der Waals surface area contributed by atoms with Crippen LogP contribution in [0.1, 0.15) is 13.3 Å². The maximum absolute atomic E-state index is 9.79. The Hall–Kier alpha value is -1.88. The molecule has 19 heavy (non-hydrogen) atoms. The summed E-state index contributed by atoms with van der Waals surface area (Å²) in [5.74, 6) is 1.42. The largest absolute Gasteiger partial charge is 0.393 e. The molecule has 1 aliphatic heterocycles. The summed E-state index contributed by atoms with van der Waals surface area (Å²) in [6.45, 7) is 3.57. The number of fused-ring (bicyclic) bond motifs is 1. The average molecular weight is 258 g/mol. The normalized spacial score (nSPS) is 23.8. The van der Waals surface area contributed by atoms with Gasteiger partial charge in [0.25, 0.3) is 0 Å². The van der Waals surface area contributed by atoms with Gasteiger partial charge in [-0.25, -0.2) is 9.97 Å². The summed E-state index contributed by atoms with van der Waals surface area (Å²) in [7, 11) is 0. The highest BCUT2D eigenvalue weighted by Crippen LogP contribution is 2.27. The van der Waals surface area contributed by atoms with Gasteiger partial charge in [0.05, 0.1) is 17.1 Å². The maximum Gasteiger partial charge on any atom is 0.172 e. The monoisotopic (exact) mass is 258 g/mol. The average Bonchev–Trinajstić information content (AvgIpc) is 2.41. The Morgan fingerprint density at radius 1 is 1.26 bits per heavy atom. The molecule has 1 aromatic carbocycles. The molecule has 0 radical (unpaired) electrons. The molecular weight excluding hydrogens is 240 g/mol. The van der Waals surface area contributed by atoms with Crippen molar-refractivity contribution in [3.63, 3.8) is 0 Å². The number of aromatic nitrogens is 2. The predicted octanol–water partition coefficient (Wildman–Crippen LogP) is 1.42. The van der Waals surface area contributed by atoms with Crippen molar-refractivity contribution in [2.75, 3.05) is 23.7 Å². The van der Waals surface area contributed by atoms with E-state index in [1.165, 1.54) is 0 Å². The van der Waals surface area contributed by atoms with Crippen LogP contribution in [-0.4, -0.2) is 34.3 Å². The van der Waals surface area contributed by atoms with Crippen molar-refractivity contribution in [3.8, 4) is 0 Å². The molecule has 2 atom stereocenters. The highest BCUT2D eigenvalue weighted by atomic mass is 16.3. The van der Waals surface area contributed by atoms with Gasteiger partial charge >= 0.3 is 0 Å². The summed E-state index contributed by atoms with van der Waals surface area (Å²) in [4.78, 5) is 11.1. The number of nitrogens with zero attached hydrogens (tertiary/aromatic N) is 3. The van der Waals surface area contributed by atoms with E-state index in [4.69, 9.17) is 5.73 Å². The van der Waals surface area contributed by atoms with Gasteiger partial charge in [0.15, 0.2) is 11.6 Å². The summed E-state index contributed by atoms with van der Waals surface area (Å²) in [5, 5.41) is 9.79. The fourth-order valence-corrected chi connectivity index (χ4v) is 2.56. The van der Waals surface area contributed by atoms with Crippen molar-refractivity contribution in [1.82, 2.24) is 9.97 Å². The Balaban J connectivity index is 1.98. The first-order valence-electron chi connectivity index (χ1n) is 6.60. The minimum absolute atomic E-state index is 0.224. The molecule has 0 aliphatic carbocycles. The molecule has 0 bridgehead atoms. The first-order valence-corrected chi connectivity index (χ1v) is 6.60. The molecule has 2 aromatic rings. The van der Waals surface area contributed by atoms with E-state index in [0.717, 1.165) is 36.4 Å². The van der Waals surface area contributed by atoms with Crippen LogP contribution in [0, 0.1) is 5.92 Å². The number of para-hydroxylation sites is 2. The molecule has 0 spiro atoms. The van der Waals surface area contributed by atoms with Gasteiger partial charge in [-0.3, -0.25) is 0 Å². The molecular formula is C14H18N4O. The molecule has 3 N–H and O–H groups in total. The lowest BCUT2D eigenvalue weighted by Crippen LogP contribution is -2.42. The Morgan fingerprint density at radius 3 is 2.63 bits per heavy atom. The second-order valence-corrected chi connectivity index (χ2v) is 5.20. The SMILES string of the molecule is CC1CN(c2nc3ccccc3nc2N)CCC1O. The van der Waals surface area contributed by atoms with E-state index in [-0.39, 0.29) is 12.0 Å². The number of rotatable bonds is 1. The number of piperidine rings is 1. The highest BCUT2D eigenvalue weighted by molar-refractivity contribution is 5.79. The van der Waals surface area contributed by atoms with E-state index in [1.807, 2.05) is 31.2 Å². The van der Waals surface area contributed by atoms with Gasteiger partial charge in [-0.1, -0.05) is 19.1 Å². The van der Waals surface area contributed by atoms with Crippen LogP contribution in [0.3, 0.4) is 0 Å². The first kappa shape index (κ1) is 12.2. The number of anilines is 2. The van der Waals surface area contributed by atoms with Gasteiger partial charge < -0.3 is 15.7 Å². The number of nitrogen functional groups attached to an aromatic ring is 1. The van der Waals surface area contributed by atoms with Gasteiger partial charge in [0.2, 0.25) is 0 Å². The number of nitrogens with two attached hydrogens (primary N) is 1. The fourth-order valence-electron chi connectivity index (χ4n) is 2.56. The van der Waals surface area contributed by atoms with Crippen LogP contribution in [0.5, 0.6) is 0 Å². The lowest BCUT2D eigenvalue weighted by atomic mass is 9.97. The zero-order valence-corrected chi connectivity index (χ0v) is 11.0. The first-order chi connectivity index (χ1) is 9.15. The molecule has 1 fully saturated rings. The molecule has 2 unspecified atom stereocenters. The van der Waals surface area contributed by atoms with Crippen LogP contribution in [0.15, 0.2) is 24.3 Å². The minimum atomic E-state index is -0.231. The molecule has 5 nitrogen and oxygen atoms in total. The number of benzene rings is 1. The Labute approximate surface area is 112 Å². The third-order valence-corrected chi connectivity index (χ3v) is 3.74. The zero-order chi connectivity index (χ0) is 13.4. The topological polar surface area (TPSA) is 75.3 Å². The van der Waals surface area contributed by atoms with Crippen molar-refractivity contribution in [2.24, 2.45) is 5.92 Å². The van der Waals surface area contributed by atoms with Gasteiger partial charge in [-0.05, 0) is 24.5 Å². The van der Waals surface area contributed by atoms with Crippen LogP contribution < -0.4 is 10.6 Å². The van der Waals surface area contributed by atoms with Crippen molar-refractivity contribution in [3.05, 3.63) is 24.3 Å². The summed E-state index contributed by atoms with van der Waals surface area (Å²) in [6, 6.07) is 7.72. The highest BCUT2D eigenvalue weighted by Gasteiger charge is 2.26. The van der Waals surface area contributed by atoms with Gasteiger partial charge in [-0.15, -0.1) is 0 Å². The Kier molecular flexibility index (Phi) is 2.98. The summed E-state index contributed by atoms with van der Waals surface area (Å²) >= 11 is 0. The predicted molar refractivity (Wildman–Crippen MR) is 76.0 cm³/mol. The third kappa shape index (κ3) is 2.21. The number of aliphatic hydroxyl groups is 1. The van der Waals surface area contributed by atoms with Crippen LogP contribution in [-0.2, 0) is 0 Å². The van der Waals surface area contributed by atoms with Gasteiger partial charge in [0, 0.05) is 13.1 Å². The fraction of sp³-hybridized carbons (Fsp3) is 0.429. The molecule has 1 aliphatic rings. The van der Waals surface area contributed by atoms with E-state index >= 15 is 0 Å². The molecule has 2 heterocycles. The van der Waals surface area contributed by atoms with E-state index in [0.29, 0.717) is 5.82 Å². The number of hydrogen-bond acceptors (Lipinski definition) is 5. The van der Waals surface area contributed by atoms with Crippen LogP contribution in [0.25, 0.3) is 11.0 Å². The molecule has 100 valence electrons. The van der Waals surface area contributed by atoms with Crippen molar-refractivity contribution < 1.29 is 5.11 Å². The quantitative estimate of drug-likeness (QED) is 0.809. The van der Waals surface area contributed by atoms with Crippen LogP contribution >= 0.6 is 0 Å². The molecule has 1 saturated heterocycles. The van der Waals surface area contributed by atoms with Crippen LogP contribution in [0.4, 0.5) is 11.6 Å². The zero-order valence-electron chi connectivity index (χ0n) is 11.0.